The molecule has 5 aliphatic carbocycles. The van der Waals surface area contributed by atoms with Gasteiger partial charge in [-0.3, -0.25) is 4.79 Å². The van der Waals surface area contributed by atoms with Crippen molar-refractivity contribution in [2.75, 3.05) is 11.2 Å². The number of nitrogens with zero attached hydrogens (tertiary/aromatic N) is 3. The van der Waals surface area contributed by atoms with Crippen molar-refractivity contribution in [1.82, 2.24) is 20.5 Å². The molecule has 8 heteroatoms. The Morgan fingerprint density at radius 3 is 2.52 bits per heavy atom. The third-order valence-corrected chi connectivity index (χ3v) is 7.72. The summed E-state index contributed by atoms with van der Waals surface area (Å²) >= 11 is 1.35. The molecule has 0 saturated heterocycles. The molecule has 7 nitrogen and oxygen atoms in total. The Balaban J connectivity index is 1.17. The Morgan fingerprint density at radius 2 is 1.89 bits per heavy atom. The van der Waals surface area contributed by atoms with Gasteiger partial charge in [0.1, 0.15) is 0 Å². The number of thioether (sulfide) groups is 1. The SMILES string of the molecule is C/C(=N/Nc1nc(SCC(=O)NC2CC2)n[nH]1)C12CC3CC(CC(C3)C1)C2. The van der Waals surface area contributed by atoms with Crippen LogP contribution in [-0.2, 0) is 4.79 Å². The summed E-state index contributed by atoms with van der Waals surface area (Å²) in [6.45, 7) is 2.17. The topological polar surface area (TPSA) is 95.1 Å². The van der Waals surface area contributed by atoms with Crippen molar-refractivity contribution in [1.29, 1.82) is 0 Å². The lowest BCUT2D eigenvalue weighted by molar-refractivity contribution is -0.118. The average molecular weight is 389 g/mol. The summed E-state index contributed by atoms with van der Waals surface area (Å²) in [5.41, 5.74) is 4.59. The first kappa shape index (κ1) is 17.5. The predicted octanol–water partition coefficient (Wildman–Crippen LogP) is 3.18. The first-order valence-corrected chi connectivity index (χ1v) is 11.2. The fraction of sp³-hybridized carbons (Fsp3) is 0.789. The second-order valence-corrected chi connectivity index (χ2v) is 10.0. The van der Waals surface area contributed by atoms with Crippen molar-refractivity contribution < 1.29 is 4.79 Å². The highest BCUT2D eigenvalue weighted by molar-refractivity contribution is 7.99. The molecule has 5 fully saturated rings. The van der Waals surface area contributed by atoms with Crippen LogP contribution in [0.3, 0.4) is 0 Å². The van der Waals surface area contributed by atoms with Crippen LogP contribution in [0.5, 0.6) is 0 Å². The highest BCUT2D eigenvalue weighted by Crippen LogP contribution is 2.60. The normalized spacial score (nSPS) is 34.7. The number of hydrogen-bond donors (Lipinski definition) is 3. The van der Waals surface area contributed by atoms with E-state index in [0.29, 0.717) is 28.3 Å². The fourth-order valence-corrected chi connectivity index (χ4v) is 6.41. The molecule has 6 rings (SSSR count). The molecule has 1 aromatic heterocycles. The molecule has 0 aromatic carbocycles. The van der Waals surface area contributed by atoms with E-state index in [-0.39, 0.29) is 5.91 Å². The second-order valence-electron chi connectivity index (χ2n) is 9.10. The number of rotatable bonds is 7. The minimum atomic E-state index is 0.0532. The Morgan fingerprint density at radius 1 is 1.22 bits per heavy atom. The van der Waals surface area contributed by atoms with Gasteiger partial charge in [0.05, 0.1) is 5.75 Å². The van der Waals surface area contributed by atoms with E-state index in [2.05, 4.69) is 37.9 Å². The number of nitrogens with one attached hydrogen (secondary N) is 3. The number of carbonyl (C=O) groups excluding carboxylic acids is 1. The third-order valence-electron chi connectivity index (χ3n) is 6.87. The zero-order valence-corrected chi connectivity index (χ0v) is 16.6. The van der Waals surface area contributed by atoms with Crippen LogP contribution in [-0.4, -0.2) is 38.6 Å². The Labute approximate surface area is 163 Å². The highest BCUT2D eigenvalue weighted by atomic mass is 32.2. The van der Waals surface area contributed by atoms with E-state index in [0.717, 1.165) is 30.6 Å². The van der Waals surface area contributed by atoms with Crippen LogP contribution in [0, 0.1) is 23.2 Å². The smallest absolute Gasteiger partial charge is 0.240 e. The van der Waals surface area contributed by atoms with Gasteiger partial charge < -0.3 is 5.32 Å². The molecule has 0 aliphatic heterocycles. The quantitative estimate of drug-likeness (QED) is 0.379. The third kappa shape index (κ3) is 3.73. The zero-order valence-electron chi connectivity index (χ0n) is 15.8. The van der Waals surface area contributed by atoms with Crippen LogP contribution >= 0.6 is 11.8 Å². The first-order valence-electron chi connectivity index (χ1n) is 10.2. The second kappa shape index (κ2) is 6.79. The lowest BCUT2D eigenvalue weighted by Gasteiger charge is -2.56. The molecule has 0 atom stereocenters. The summed E-state index contributed by atoms with van der Waals surface area (Å²) in [4.78, 5) is 16.2. The number of aromatic nitrogens is 3. The number of hydrazone groups is 1. The van der Waals surface area contributed by atoms with Crippen LogP contribution in [0.1, 0.15) is 58.3 Å². The zero-order chi connectivity index (χ0) is 18.4. The van der Waals surface area contributed by atoms with Gasteiger partial charge >= 0.3 is 0 Å². The van der Waals surface area contributed by atoms with Crippen molar-refractivity contribution in [2.45, 2.75) is 69.5 Å². The average Bonchev–Trinajstić information content (AvgIpc) is 3.32. The summed E-state index contributed by atoms with van der Waals surface area (Å²) in [6.07, 6.45) is 10.5. The largest absolute Gasteiger partial charge is 0.353 e. The van der Waals surface area contributed by atoms with Crippen molar-refractivity contribution >= 4 is 29.3 Å². The van der Waals surface area contributed by atoms with Gasteiger partial charge in [0.15, 0.2) is 0 Å². The summed E-state index contributed by atoms with van der Waals surface area (Å²) in [5.74, 6) is 3.69. The van der Waals surface area contributed by atoms with E-state index in [1.807, 2.05) is 0 Å². The van der Waals surface area contributed by atoms with Gasteiger partial charge in [0, 0.05) is 17.2 Å². The molecular weight excluding hydrogens is 360 g/mol. The minimum Gasteiger partial charge on any atom is -0.353 e. The highest BCUT2D eigenvalue weighted by Gasteiger charge is 2.52. The van der Waals surface area contributed by atoms with E-state index >= 15 is 0 Å². The van der Waals surface area contributed by atoms with Gasteiger partial charge in [-0.15, -0.1) is 5.10 Å². The summed E-state index contributed by atoms with van der Waals surface area (Å²) in [7, 11) is 0. The van der Waals surface area contributed by atoms with Gasteiger partial charge in [-0.25, -0.2) is 10.5 Å². The van der Waals surface area contributed by atoms with Crippen LogP contribution < -0.4 is 10.7 Å². The Hall–Kier alpha value is -1.57. The fourth-order valence-electron chi connectivity index (χ4n) is 5.80. The maximum absolute atomic E-state index is 11.8. The maximum atomic E-state index is 11.8. The van der Waals surface area contributed by atoms with Gasteiger partial charge in [-0.1, -0.05) is 11.8 Å². The number of carbonyl (C=O) groups is 1. The molecule has 1 heterocycles. The van der Waals surface area contributed by atoms with Crippen molar-refractivity contribution in [3.05, 3.63) is 0 Å². The van der Waals surface area contributed by atoms with E-state index in [4.69, 9.17) is 0 Å². The number of anilines is 1. The first-order chi connectivity index (χ1) is 13.1. The lowest BCUT2D eigenvalue weighted by atomic mass is 9.48. The lowest BCUT2D eigenvalue weighted by Crippen LogP contribution is -2.49. The molecular formula is C19H28N6OS. The Kier molecular flexibility index (Phi) is 4.41. The molecule has 5 aliphatic rings. The van der Waals surface area contributed by atoms with Crippen molar-refractivity contribution in [3.8, 4) is 0 Å². The number of amides is 1. The predicted molar refractivity (Wildman–Crippen MR) is 106 cm³/mol. The van der Waals surface area contributed by atoms with Crippen molar-refractivity contribution in [3.63, 3.8) is 0 Å². The molecule has 1 aromatic rings. The van der Waals surface area contributed by atoms with E-state index in [1.165, 1.54) is 56.0 Å². The molecule has 1 amide bonds. The van der Waals surface area contributed by atoms with Gasteiger partial charge in [-0.2, -0.15) is 10.1 Å². The number of hydrogen-bond acceptors (Lipinski definition) is 6. The van der Waals surface area contributed by atoms with E-state index in [9.17, 15) is 4.79 Å². The molecule has 0 unspecified atom stereocenters. The van der Waals surface area contributed by atoms with Crippen LogP contribution in [0.15, 0.2) is 10.3 Å². The maximum Gasteiger partial charge on any atom is 0.240 e. The number of aromatic amines is 1. The molecule has 0 radical (unpaired) electrons. The molecule has 146 valence electrons. The van der Waals surface area contributed by atoms with E-state index in [1.54, 1.807) is 0 Å². The van der Waals surface area contributed by atoms with Crippen LogP contribution in [0.25, 0.3) is 0 Å². The molecule has 3 N–H and O–H groups in total. The van der Waals surface area contributed by atoms with Crippen molar-refractivity contribution in [2.24, 2.45) is 28.3 Å². The van der Waals surface area contributed by atoms with Gasteiger partial charge in [-0.05, 0) is 76.0 Å². The Bertz CT molecular complexity index is 720. The molecule has 4 bridgehead atoms. The van der Waals surface area contributed by atoms with Gasteiger partial charge in [0.25, 0.3) is 0 Å². The molecule has 5 saturated carbocycles. The van der Waals surface area contributed by atoms with Gasteiger partial charge in [0.2, 0.25) is 17.0 Å². The summed E-state index contributed by atoms with van der Waals surface area (Å²) in [6, 6.07) is 0.393. The summed E-state index contributed by atoms with van der Waals surface area (Å²) < 4.78 is 0. The standard InChI is InChI=1S/C19H28N6OS/c1-11(19-7-12-4-13(8-19)6-14(5-12)9-19)22-23-17-21-18(25-24-17)27-10-16(26)20-15-2-3-15/h12-15H,2-10H2,1H3,(H,20,26)(H2,21,23,24,25)/b22-11-. The summed E-state index contributed by atoms with van der Waals surface area (Å²) in [5, 5.41) is 15.3. The molecule has 27 heavy (non-hydrogen) atoms. The minimum absolute atomic E-state index is 0.0532. The molecule has 0 spiro atoms. The number of H-pyrrole nitrogens is 1. The van der Waals surface area contributed by atoms with Crippen LogP contribution in [0.4, 0.5) is 5.95 Å². The monoisotopic (exact) mass is 388 g/mol. The van der Waals surface area contributed by atoms with Crippen LogP contribution in [0.2, 0.25) is 0 Å². The van der Waals surface area contributed by atoms with E-state index < -0.39 is 0 Å².